The molecule has 19 heavy (non-hydrogen) atoms. The first-order valence-electron chi connectivity index (χ1n) is 7.59. The van der Waals surface area contributed by atoms with Gasteiger partial charge in [-0.15, -0.1) is 0 Å². The maximum absolute atomic E-state index is 5.69. The van der Waals surface area contributed by atoms with E-state index in [0.717, 1.165) is 18.5 Å². The Bertz CT molecular complexity index is 406. The number of aryl methyl sites for hydroxylation is 1. The minimum atomic E-state index is 0.636. The lowest BCUT2D eigenvalue weighted by Crippen LogP contribution is -2.34. The highest BCUT2D eigenvalue weighted by Crippen LogP contribution is 2.27. The van der Waals surface area contributed by atoms with Gasteiger partial charge in [0, 0.05) is 19.1 Å². The molecule has 1 aromatic rings. The van der Waals surface area contributed by atoms with Crippen LogP contribution in [0, 0.1) is 12.8 Å². The third-order valence-corrected chi connectivity index (χ3v) is 4.67. The average Bonchev–Trinajstić information content (AvgIpc) is 2.41. The van der Waals surface area contributed by atoms with Gasteiger partial charge in [0.05, 0.1) is 0 Å². The smallest absolute Gasteiger partial charge is 0.0236 e. The molecule has 2 nitrogen and oxygen atoms in total. The van der Waals surface area contributed by atoms with Crippen molar-refractivity contribution in [2.75, 3.05) is 7.05 Å². The zero-order valence-electron chi connectivity index (χ0n) is 12.7. The van der Waals surface area contributed by atoms with Crippen LogP contribution in [0.4, 0.5) is 0 Å². The predicted molar refractivity (Wildman–Crippen MR) is 82.0 cm³/mol. The van der Waals surface area contributed by atoms with Gasteiger partial charge in [0.25, 0.3) is 0 Å². The molecule has 2 rings (SSSR count). The molecule has 106 valence electrons. The number of nitrogens with two attached hydrogens (primary N) is 1. The van der Waals surface area contributed by atoms with Crippen LogP contribution in [0.5, 0.6) is 0 Å². The summed E-state index contributed by atoms with van der Waals surface area (Å²) in [6.45, 7) is 6.28. The van der Waals surface area contributed by atoms with Gasteiger partial charge in [-0.05, 0) is 62.3 Å². The Morgan fingerprint density at radius 2 is 1.89 bits per heavy atom. The van der Waals surface area contributed by atoms with E-state index < -0.39 is 0 Å². The van der Waals surface area contributed by atoms with Crippen molar-refractivity contribution in [3.05, 3.63) is 34.9 Å². The highest BCUT2D eigenvalue weighted by atomic mass is 15.1. The molecule has 0 aliphatic heterocycles. The quantitative estimate of drug-likeness (QED) is 0.898. The van der Waals surface area contributed by atoms with E-state index >= 15 is 0 Å². The zero-order chi connectivity index (χ0) is 13.8. The lowest BCUT2D eigenvalue weighted by atomic mass is 9.86. The number of benzene rings is 1. The van der Waals surface area contributed by atoms with Crippen LogP contribution in [0.25, 0.3) is 0 Å². The molecule has 2 N–H and O–H groups in total. The van der Waals surface area contributed by atoms with Gasteiger partial charge in [-0.1, -0.05) is 25.1 Å². The van der Waals surface area contributed by atoms with Crippen LogP contribution in [-0.4, -0.2) is 18.0 Å². The molecular formula is C17H28N2. The van der Waals surface area contributed by atoms with Crippen LogP contribution in [0.15, 0.2) is 18.2 Å². The summed E-state index contributed by atoms with van der Waals surface area (Å²) >= 11 is 0. The summed E-state index contributed by atoms with van der Waals surface area (Å²) in [7, 11) is 2.27. The summed E-state index contributed by atoms with van der Waals surface area (Å²) in [4.78, 5) is 2.54. The molecule has 1 fully saturated rings. The molecular weight excluding hydrogens is 232 g/mol. The van der Waals surface area contributed by atoms with E-state index in [1.807, 2.05) is 0 Å². The van der Waals surface area contributed by atoms with Crippen molar-refractivity contribution in [1.29, 1.82) is 0 Å². The van der Waals surface area contributed by atoms with E-state index in [9.17, 15) is 0 Å². The molecule has 0 radical (unpaired) electrons. The normalized spacial score (nSPS) is 23.8. The molecule has 0 spiro atoms. The molecule has 0 atom stereocenters. The van der Waals surface area contributed by atoms with Gasteiger partial charge in [0.1, 0.15) is 0 Å². The van der Waals surface area contributed by atoms with Gasteiger partial charge in [-0.2, -0.15) is 0 Å². The van der Waals surface area contributed by atoms with Gasteiger partial charge < -0.3 is 5.73 Å². The van der Waals surface area contributed by atoms with Crippen LogP contribution >= 0.6 is 0 Å². The van der Waals surface area contributed by atoms with E-state index in [1.165, 1.54) is 42.4 Å². The third kappa shape index (κ3) is 3.80. The maximum atomic E-state index is 5.69. The second-order valence-corrected chi connectivity index (χ2v) is 6.29. The summed E-state index contributed by atoms with van der Waals surface area (Å²) in [5, 5.41) is 0. The van der Waals surface area contributed by atoms with Crippen LogP contribution < -0.4 is 5.73 Å². The number of hydrogen-bond acceptors (Lipinski definition) is 2. The molecule has 0 unspecified atom stereocenters. The first-order chi connectivity index (χ1) is 9.10. The molecule has 0 bridgehead atoms. The Labute approximate surface area is 118 Å². The topological polar surface area (TPSA) is 29.3 Å². The highest BCUT2D eigenvalue weighted by molar-refractivity contribution is 5.31. The van der Waals surface area contributed by atoms with Crippen LogP contribution in [-0.2, 0) is 13.1 Å². The number of nitrogens with zero attached hydrogens (tertiary/aromatic N) is 1. The average molecular weight is 260 g/mol. The summed E-state index contributed by atoms with van der Waals surface area (Å²) in [5.41, 5.74) is 9.74. The monoisotopic (exact) mass is 260 g/mol. The highest BCUT2D eigenvalue weighted by Gasteiger charge is 2.21. The number of hydrogen-bond donors (Lipinski definition) is 1. The fraction of sp³-hybridized carbons (Fsp3) is 0.647. The number of rotatable bonds is 4. The molecule has 2 heteroatoms. The fourth-order valence-electron chi connectivity index (χ4n) is 3.14. The predicted octanol–water partition coefficient (Wildman–Crippen LogP) is 3.46. The van der Waals surface area contributed by atoms with Crippen molar-refractivity contribution < 1.29 is 0 Å². The molecule has 1 aliphatic rings. The first kappa shape index (κ1) is 14.5. The van der Waals surface area contributed by atoms with Gasteiger partial charge in [0.2, 0.25) is 0 Å². The molecule has 0 amide bonds. The summed E-state index contributed by atoms with van der Waals surface area (Å²) in [5.74, 6) is 0.926. The molecule has 0 heterocycles. The second-order valence-electron chi connectivity index (χ2n) is 6.29. The molecule has 0 saturated heterocycles. The summed E-state index contributed by atoms with van der Waals surface area (Å²) in [6.07, 6.45) is 5.50. The minimum Gasteiger partial charge on any atom is -0.326 e. The Hall–Kier alpha value is -0.860. The van der Waals surface area contributed by atoms with Crippen molar-refractivity contribution in [1.82, 2.24) is 4.90 Å². The van der Waals surface area contributed by atoms with Gasteiger partial charge in [-0.25, -0.2) is 0 Å². The summed E-state index contributed by atoms with van der Waals surface area (Å²) in [6, 6.07) is 7.41. The maximum Gasteiger partial charge on any atom is 0.0236 e. The van der Waals surface area contributed by atoms with Crippen molar-refractivity contribution in [3.8, 4) is 0 Å². The Kier molecular flexibility index (Phi) is 5.00. The fourth-order valence-corrected chi connectivity index (χ4v) is 3.14. The van der Waals surface area contributed by atoms with Crippen molar-refractivity contribution in [2.45, 2.75) is 58.7 Å². The van der Waals surface area contributed by atoms with Crippen LogP contribution in [0.3, 0.4) is 0 Å². The van der Waals surface area contributed by atoms with Crippen molar-refractivity contribution in [2.24, 2.45) is 11.7 Å². The second kappa shape index (κ2) is 6.53. The van der Waals surface area contributed by atoms with E-state index in [2.05, 4.69) is 44.0 Å². The van der Waals surface area contributed by atoms with Gasteiger partial charge in [-0.3, -0.25) is 4.90 Å². The lowest BCUT2D eigenvalue weighted by molar-refractivity contribution is 0.163. The molecule has 1 aromatic carbocycles. The largest absolute Gasteiger partial charge is 0.326 e. The summed E-state index contributed by atoms with van der Waals surface area (Å²) < 4.78 is 0. The Morgan fingerprint density at radius 1 is 1.21 bits per heavy atom. The Balaban J connectivity index is 1.96. The van der Waals surface area contributed by atoms with Crippen LogP contribution in [0.1, 0.15) is 49.3 Å². The van der Waals surface area contributed by atoms with Crippen LogP contribution in [0.2, 0.25) is 0 Å². The van der Waals surface area contributed by atoms with Crippen molar-refractivity contribution in [3.63, 3.8) is 0 Å². The minimum absolute atomic E-state index is 0.636. The van der Waals surface area contributed by atoms with Gasteiger partial charge in [0.15, 0.2) is 0 Å². The molecule has 1 aliphatic carbocycles. The molecule has 1 saturated carbocycles. The van der Waals surface area contributed by atoms with E-state index in [1.54, 1.807) is 0 Å². The van der Waals surface area contributed by atoms with E-state index in [4.69, 9.17) is 5.73 Å². The Morgan fingerprint density at radius 3 is 2.47 bits per heavy atom. The van der Waals surface area contributed by atoms with E-state index in [-0.39, 0.29) is 0 Å². The van der Waals surface area contributed by atoms with Crippen molar-refractivity contribution >= 4 is 0 Å². The molecule has 0 aromatic heterocycles. The first-order valence-corrected chi connectivity index (χ1v) is 7.59. The van der Waals surface area contributed by atoms with Gasteiger partial charge >= 0.3 is 0 Å². The third-order valence-electron chi connectivity index (χ3n) is 4.67. The van der Waals surface area contributed by atoms with E-state index in [0.29, 0.717) is 6.54 Å². The standard InChI is InChI=1S/C17H28N2/c1-13-4-8-17(9-5-13)19(3)12-16-7-6-15(11-18)10-14(16)2/h6-7,10,13,17H,4-5,8-9,11-12,18H2,1-3H3. The lowest BCUT2D eigenvalue weighted by Gasteiger charge is -2.34. The zero-order valence-corrected chi connectivity index (χ0v) is 12.7. The SMILES string of the molecule is Cc1cc(CN)ccc1CN(C)C1CCC(C)CC1.